The summed E-state index contributed by atoms with van der Waals surface area (Å²) in [5.74, 6) is 0.556. The van der Waals surface area contributed by atoms with E-state index in [9.17, 15) is 13.2 Å². The molecule has 0 saturated carbocycles. The zero-order valence-corrected chi connectivity index (χ0v) is 16.2. The summed E-state index contributed by atoms with van der Waals surface area (Å²) >= 11 is 2.98. The Bertz CT molecular complexity index is 837. The summed E-state index contributed by atoms with van der Waals surface area (Å²) in [5.41, 5.74) is 1.81. The molecule has 1 aromatic carbocycles. The number of carbonyl (C=O) groups is 1. The number of thioether (sulfide) groups is 1. The largest absolute Gasteiger partial charge is 0.349 e. The van der Waals surface area contributed by atoms with Crippen LogP contribution < -0.4 is 5.32 Å². The number of thiazole rings is 1. The highest BCUT2D eigenvalue weighted by Crippen LogP contribution is 2.25. The molecule has 1 aromatic heterocycles. The molecule has 1 amide bonds. The summed E-state index contributed by atoms with van der Waals surface area (Å²) in [6.07, 6.45) is 0. The van der Waals surface area contributed by atoms with E-state index in [1.54, 1.807) is 6.92 Å². The molecule has 1 atom stereocenters. The number of aromatic nitrogens is 1. The van der Waals surface area contributed by atoms with E-state index in [-0.39, 0.29) is 11.7 Å². The zero-order chi connectivity index (χ0) is 17.9. The van der Waals surface area contributed by atoms with Crippen molar-refractivity contribution in [2.24, 2.45) is 0 Å². The Kier molecular flexibility index (Phi) is 5.78. The van der Waals surface area contributed by atoms with E-state index in [1.807, 2.05) is 35.7 Å². The van der Waals surface area contributed by atoms with Crippen molar-refractivity contribution in [3.8, 4) is 10.6 Å². The smallest absolute Gasteiger partial charge is 0.239 e. The first-order chi connectivity index (χ1) is 12.0. The molecule has 1 aliphatic rings. The highest BCUT2D eigenvalue weighted by Gasteiger charge is 2.38. The molecular formula is C16H19N3O3S3. The van der Waals surface area contributed by atoms with Crippen molar-refractivity contribution in [1.82, 2.24) is 14.6 Å². The second-order valence-electron chi connectivity index (χ2n) is 5.53. The third-order valence-electron chi connectivity index (χ3n) is 3.88. The van der Waals surface area contributed by atoms with Gasteiger partial charge in [0, 0.05) is 16.7 Å². The van der Waals surface area contributed by atoms with Crippen molar-refractivity contribution in [1.29, 1.82) is 0 Å². The minimum atomic E-state index is -3.37. The lowest BCUT2D eigenvalue weighted by molar-refractivity contribution is -0.124. The van der Waals surface area contributed by atoms with Gasteiger partial charge in [0.25, 0.3) is 0 Å². The van der Waals surface area contributed by atoms with Crippen molar-refractivity contribution < 1.29 is 13.2 Å². The molecule has 25 heavy (non-hydrogen) atoms. The quantitative estimate of drug-likeness (QED) is 0.808. The van der Waals surface area contributed by atoms with Crippen molar-refractivity contribution in [2.45, 2.75) is 19.5 Å². The molecule has 2 aromatic rings. The molecule has 0 unspecified atom stereocenters. The van der Waals surface area contributed by atoms with Gasteiger partial charge < -0.3 is 5.32 Å². The maximum Gasteiger partial charge on any atom is 0.239 e. The lowest BCUT2D eigenvalue weighted by atomic mass is 10.2. The van der Waals surface area contributed by atoms with Crippen LogP contribution in [0.25, 0.3) is 10.6 Å². The summed E-state index contributed by atoms with van der Waals surface area (Å²) in [7, 11) is -3.37. The van der Waals surface area contributed by atoms with E-state index >= 15 is 0 Å². The molecular weight excluding hydrogens is 378 g/mol. The van der Waals surface area contributed by atoms with Gasteiger partial charge in [0.2, 0.25) is 15.9 Å². The van der Waals surface area contributed by atoms with Crippen molar-refractivity contribution >= 4 is 39.0 Å². The van der Waals surface area contributed by atoms with Gasteiger partial charge in [0.05, 0.1) is 23.9 Å². The molecule has 2 heterocycles. The molecule has 0 bridgehead atoms. The highest BCUT2D eigenvalue weighted by molar-refractivity contribution is 8.00. The predicted molar refractivity (Wildman–Crippen MR) is 102 cm³/mol. The van der Waals surface area contributed by atoms with Crippen LogP contribution in [0.15, 0.2) is 35.7 Å². The summed E-state index contributed by atoms with van der Waals surface area (Å²) in [6.45, 7) is 1.89. The summed E-state index contributed by atoms with van der Waals surface area (Å²) in [6, 6.07) is 9.21. The maximum absolute atomic E-state index is 12.4. The topological polar surface area (TPSA) is 79.4 Å². The Morgan fingerprint density at radius 1 is 1.36 bits per heavy atom. The zero-order valence-electron chi connectivity index (χ0n) is 13.7. The van der Waals surface area contributed by atoms with Crippen LogP contribution in [0.2, 0.25) is 0 Å². The number of nitrogens with zero attached hydrogens (tertiary/aromatic N) is 2. The molecule has 1 aliphatic heterocycles. The number of nitrogens with one attached hydrogen (secondary N) is 1. The fourth-order valence-electron chi connectivity index (χ4n) is 2.47. The van der Waals surface area contributed by atoms with Crippen LogP contribution in [0.3, 0.4) is 0 Å². The molecule has 1 N–H and O–H groups in total. The molecule has 6 nitrogen and oxygen atoms in total. The van der Waals surface area contributed by atoms with Gasteiger partial charge in [-0.2, -0.15) is 4.31 Å². The van der Waals surface area contributed by atoms with Crippen molar-refractivity contribution in [2.75, 3.05) is 17.4 Å². The highest BCUT2D eigenvalue weighted by atomic mass is 32.2. The van der Waals surface area contributed by atoms with Gasteiger partial charge >= 0.3 is 0 Å². The molecule has 0 aliphatic carbocycles. The van der Waals surface area contributed by atoms with E-state index < -0.39 is 16.1 Å². The van der Waals surface area contributed by atoms with Gasteiger partial charge in [-0.1, -0.05) is 30.3 Å². The molecule has 0 spiro atoms. The Labute approximate surface area is 155 Å². The number of amides is 1. The number of sulfonamides is 1. The van der Waals surface area contributed by atoms with E-state index in [0.29, 0.717) is 18.2 Å². The lowest BCUT2D eigenvalue weighted by Gasteiger charge is -2.21. The summed E-state index contributed by atoms with van der Waals surface area (Å²) in [4.78, 5) is 16.9. The third kappa shape index (κ3) is 4.22. The first-order valence-corrected chi connectivity index (χ1v) is 11.5. The monoisotopic (exact) mass is 397 g/mol. The minimum Gasteiger partial charge on any atom is -0.349 e. The second kappa shape index (κ2) is 7.86. The normalized spacial score (nSPS) is 18.4. The van der Waals surface area contributed by atoms with E-state index in [2.05, 4.69) is 10.3 Å². The van der Waals surface area contributed by atoms with Crippen LogP contribution in [-0.4, -0.2) is 47.0 Å². The fourth-order valence-corrected chi connectivity index (χ4v) is 6.17. The van der Waals surface area contributed by atoms with Gasteiger partial charge in [0.15, 0.2) is 0 Å². The second-order valence-corrected chi connectivity index (χ2v) is 9.60. The minimum absolute atomic E-state index is 0.00383. The van der Waals surface area contributed by atoms with Gasteiger partial charge in [-0.25, -0.2) is 13.4 Å². The summed E-state index contributed by atoms with van der Waals surface area (Å²) in [5, 5.41) is 5.63. The number of rotatable bonds is 6. The molecule has 9 heteroatoms. The van der Waals surface area contributed by atoms with Gasteiger partial charge in [-0.05, 0) is 6.92 Å². The number of carbonyl (C=O) groups excluding carboxylic acids is 1. The average molecular weight is 398 g/mol. The fraction of sp³-hybridized carbons (Fsp3) is 0.375. The van der Waals surface area contributed by atoms with Crippen molar-refractivity contribution in [3.63, 3.8) is 0 Å². The summed E-state index contributed by atoms with van der Waals surface area (Å²) < 4.78 is 25.4. The average Bonchev–Trinajstić information content (AvgIpc) is 3.30. The molecule has 0 radical (unpaired) electrons. The standard InChI is InChI=1S/C16H19N3O3S3/c1-2-25(21,22)19-11-23-10-14(19)15(20)17-8-13-9-24-16(18-13)12-6-4-3-5-7-12/h3-7,9,14H,2,8,10-11H2,1H3,(H,17,20)/t14-/m1/s1. The maximum atomic E-state index is 12.4. The SMILES string of the molecule is CCS(=O)(=O)N1CSC[C@@H]1C(=O)NCc1csc(-c2ccccc2)n1. The number of benzene rings is 1. The lowest BCUT2D eigenvalue weighted by Crippen LogP contribution is -2.47. The van der Waals surface area contributed by atoms with Crippen LogP contribution in [-0.2, 0) is 21.4 Å². The molecule has 134 valence electrons. The molecule has 3 rings (SSSR count). The van der Waals surface area contributed by atoms with Gasteiger partial charge in [0.1, 0.15) is 11.0 Å². The Hall–Kier alpha value is -1.42. The molecule has 1 fully saturated rings. The van der Waals surface area contributed by atoms with Gasteiger partial charge in [-0.15, -0.1) is 23.1 Å². The Morgan fingerprint density at radius 2 is 2.12 bits per heavy atom. The Morgan fingerprint density at radius 3 is 2.84 bits per heavy atom. The number of hydrogen-bond donors (Lipinski definition) is 1. The van der Waals surface area contributed by atoms with Crippen LogP contribution in [0.1, 0.15) is 12.6 Å². The predicted octanol–water partition coefficient (Wildman–Crippen LogP) is 2.15. The van der Waals surface area contributed by atoms with Crippen LogP contribution in [0.4, 0.5) is 0 Å². The van der Waals surface area contributed by atoms with Crippen LogP contribution in [0, 0.1) is 0 Å². The Balaban J connectivity index is 1.62. The first kappa shape index (κ1) is 18.4. The van der Waals surface area contributed by atoms with E-state index in [4.69, 9.17) is 0 Å². The number of hydrogen-bond acceptors (Lipinski definition) is 6. The first-order valence-electron chi connectivity index (χ1n) is 7.86. The molecule has 1 saturated heterocycles. The van der Waals surface area contributed by atoms with E-state index in [1.165, 1.54) is 27.4 Å². The van der Waals surface area contributed by atoms with Crippen LogP contribution in [0.5, 0.6) is 0 Å². The van der Waals surface area contributed by atoms with Crippen molar-refractivity contribution in [3.05, 3.63) is 41.4 Å². The van der Waals surface area contributed by atoms with Crippen LogP contribution >= 0.6 is 23.1 Å². The van der Waals surface area contributed by atoms with Gasteiger partial charge in [-0.3, -0.25) is 4.79 Å². The third-order valence-corrected chi connectivity index (χ3v) is 7.83. The van der Waals surface area contributed by atoms with E-state index in [0.717, 1.165) is 16.3 Å².